The van der Waals surface area contributed by atoms with Gasteiger partial charge in [-0.15, -0.1) is 0 Å². The summed E-state index contributed by atoms with van der Waals surface area (Å²) in [6.07, 6.45) is 4.35. The topological polar surface area (TPSA) is 111 Å². The molecular formula is C21H15ClN6O3. The molecule has 0 atom stereocenters. The molecule has 1 fully saturated rings. The smallest absolute Gasteiger partial charge is 0.278 e. The molecule has 4 aromatic heterocycles. The van der Waals surface area contributed by atoms with Gasteiger partial charge in [-0.1, -0.05) is 28.9 Å². The minimum Gasteiger partial charge on any atom is -0.380 e. The molecule has 1 aromatic carbocycles. The molecule has 0 bridgehead atoms. The van der Waals surface area contributed by atoms with Gasteiger partial charge in [-0.25, -0.2) is 4.98 Å². The number of nitrogens with zero attached hydrogens (tertiary/aromatic N) is 6. The number of hydrogen-bond acceptors (Lipinski definition) is 7. The number of hydrogen-bond donors (Lipinski definition) is 1. The van der Waals surface area contributed by atoms with Crippen molar-refractivity contribution in [1.29, 1.82) is 0 Å². The quantitative estimate of drug-likeness (QED) is 0.463. The van der Waals surface area contributed by atoms with Gasteiger partial charge in [0.1, 0.15) is 23.1 Å². The molecule has 154 valence electrons. The molecular weight excluding hydrogens is 420 g/mol. The average Bonchev–Trinajstić information content (AvgIpc) is 3.19. The van der Waals surface area contributed by atoms with Gasteiger partial charge in [0.15, 0.2) is 0 Å². The van der Waals surface area contributed by atoms with Crippen molar-refractivity contribution >= 4 is 28.2 Å². The van der Waals surface area contributed by atoms with E-state index in [0.717, 1.165) is 0 Å². The highest BCUT2D eigenvalue weighted by molar-refractivity contribution is 6.35. The Morgan fingerprint density at radius 3 is 2.77 bits per heavy atom. The molecule has 4 heterocycles. The number of benzene rings is 1. The summed E-state index contributed by atoms with van der Waals surface area (Å²) < 4.78 is 8.49. The highest BCUT2D eigenvalue weighted by Gasteiger charge is 2.48. The number of halogens is 1. The first-order chi connectivity index (χ1) is 15.0. The lowest BCUT2D eigenvalue weighted by Gasteiger charge is -2.13. The lowest BCUT2D eigenvalue weighted by atomic mass is 10.2. The summed E-state index contributed by atoms with van der Waals surface area (Å²) in [6, 6.07) is 10.9. The van der Waals surface area contributed by atoms with Crippen molar-refractivity contribution in [3.8, 4) is 11.5 Å². The Labute approximate surface area is 179 Å². The molecule has 9 nitrogen and oxygen atoms in total. The fraction of sp³-hybridized carbons (Fsp3) is 0.190. The normalized spacial score (nSPS) is 15.0. The van der Waals surface area contributed by atoms with E-state index in [1.165, 1.54) is 6.33 Å². The highest BCUT2D eigenvalue weighted by atomic mass is 35.5. The zero-order chi connectivity index (χ0) is 21.2. The summed E-state index contributed by atoms with van der Waals surface area (Å²) in [5, 5.41) is 14.7. The maximum atomic E-state index is 13.7. The molecule has 0 radical (unpaired) electrons. The Balaban J connectivity index is 1.63. The molecule has 31 heavy (non-hydrogen) atoms. The van der Waals surface area contributed by atoms with Gasteiger partial charge < -0.3 is 9.63 Å². The van der Waals surface area contributed by atoms with Crippen LogP contribution in [0.25, 0.3) is 28.1 Å². The van der Waals surface area contributed by atoms with E-state index in [-0.39, 0.29) is 29.5 Å². The Hall–Kier alpha value is -3.56. The van der Waals surface area contributed by atoms with Crippen molar-refractivity contribution in [1.82, 2.24) is 29.1 Å². The van der Waals surface area contributed by atoms with Crippen molar-refractivity contribution in [2.45, 2.75) is 25.0 Å². The number of aromatic nitrogens is 6. The van der Waals surface area contributed by atoms with Crippen LogP contribution in [0.15, 0.2) is 58.2 Å². The average molecular weight is 435 g/mol. The van der Waals surface area contributed by atoms with Crippen LogP contribution in [0.4, 0.5) is 0 Å². The molecule has 0 unspecified atom stereocenters. The number of para-hydroxylation sites is 1. The maximum Gasteiger partial charge on any atom is 0.278 e. The zero-order valence-electron chi connectivity index (χ0n) is 16.1. The summed E-state index contributed by atoms with van der Waals surface area (Å²) in [6.45, 7) is 0.234. The van der Waals surface area contributed by atoms with Crippen LogP contribution in [0.1, 0.15) is 24.4 Å². The summed E-state index contributed by atoms with van der Waals surface area (Å²) >= 11 is 6.50. The minimum atomic E-state index is -1.07. The van der Waals surface area contributed by atoms with Crippen LogP contribution in [0, 0.1) is 0 Å². The molecule has 1 aliphatic carbocycles. The number of aliphatic hydroxyl groups is 1. The van der Waals surface area contributed by atoms with E-state index in [4.69, 9.17) is 16.1 Å². The van der Waals surface area contributed by atoms with E-state index in [9.17, 15) is 9.90 Å². The standard InChI is InChI=1S/C21H15ClN6O3/c22-13-5-3-6-14-16(13)27(10-12-4-1-2-9-23-12)19(29)17-15(24-11-28(14)17)18-25-20(31-26-18)21(30)7-8-21/h1-6,9,11,30H,7-8,10H2. The summed E-state index contributed by atoms with van der Waals surface area (Å²) in [5.74, 6) is 0.294. The van der Waals surface area contributed by atoms with Crippen LogP contribution in [0.2, 0.25) is 5.02 Å². The van der Waals surface area contributed by atoms with Crippen LogP contribution in [0.3, 0.4) is 0 Å². The molecule has 6 rings (SSSR count). The molecule has 0 spiro atoms. The fourth-order valence-electron chi connectivity index (χ4n) is 3.74. The molecule has 1 saturated carbocycles. The monoisotopic (exact) mass is 434 g/mol. The zero-order valence-corrected chi connectivity index (χ0v) is 16.8. The molecule has 0 aliphatic heterocycles. The third-order valence-electron chi connectivity index (χ3n) is 5.52. The van der Waals surface area contributed by atoms with Crippen LogP contribution in [-0.4, -0.2) is 34.2 Å². The van der Waals surface area contributed by atoms with Crippen molar-refractivity contribution in [2.24, 2.45) is 0 Å². The molecule has 0 amide bonds. The van der Waals surface area contributed by atoms with E-state index >= 15 is 0 Å². The Morgan fingerprint density at radius 1 is 1.13 bits per heavy atom. The third-order valence-corrected chi connectivity index (χ3v) is 5.82. The first-order valence-electron chi connectivity index (χ1n) is 9.70. The predicted molar refractivity (Wildman–Crippen MR) is 112 cm³/mol. The minimum absolute atomic E-state index is 0.140. The Kier molecular flexibility index (Phi) is 3.80. The van der Waals surface area contributed by atoms with Gasteiger partial charge in [0.05, 0.1) is 28.3 Å². The number of rotatable bonds is 4. The van der Waals surface area contributed by atoms with Gasteiger partial charge in [0.25, 0.3) is 11.4 Å². The largest absolute Gasteiger partial charge is 0.380 e. The fourth-order valence-corrected chi connectivity index (χ4v) is 4.01. The van der Waals surface area contributed by atoms with E-state index in [1.807, 2.05) is 30.3 Å². The van der Waals surface area contributed by atoms with Crippen molar-refractivity contribution in [3.63, 3.8) is 0 Å². The van der Waals surface area contributed by atoms with E-state index in [0.29, 0.717) is 40.1 Å². The van der Waals surface area contributed by atoms with Crippen LogP contribution >= 0.6 is 11.6 Å². The Morgan fingerprint density at radius 2 is 2.00 bits per heavy atom. The lowest BCUT2D eigenvalue weighted by molar-refractivity contribution is 0.108. The summed E-state index contributed by atoms with van der Waals surface area (Å²) in [4.78, 5) is 26.7. The van der Waals surface area contributed by atoms with Gasteiger partial charge in [-0.3, -0.25) is 18.7 Å². The van der Waals surface area contributed by atoms with Gasteiger partial charge in [0.2, 0.25) is 5.82 Å². The maximum absolute atomic E-state index is 13.7. The molecule has 0 saturated heterocycles. The molecule has 5 aromatic rings. The van der Waals surface area contributed by atoms with Gasteiger partial charge in [0, 0.05) is 6.20 Å². The first kappa shape index (κ1) is 18.2. The van der Waals surface area contributed by atoms with Crippen molar-refractivity contribution < 1.29 is 9.63 Å². The van der Waals surface area contributed by atoms with Crippen molar-refractivity contribution in [3.05, 3.63) is 75.9 Å². The van der Waals surface area contributed by atoms with Crippen LogP contribution in [0.5, 0.6) is 0 Å². The number of pyridine rings is 1. The third kappa shape index (κ3) is 2.77. The second-order valence-electron chi connectivity index (χ2n) is 7.59. The van der Waals surface area contributed by atoms with E-state index < -0.39 is 5.60 Å². The van der Waals surface area contributed by atoms with E-state index in [1.54, 1.807) is 21.2 Å². The van der Waals surface area contributed by atoms with Crippen LogP contribution < -0.4 is 5.56 Å². The molecule has 1 aliphatic rings. The predicted octanol–water partition coefficient (Wildman–Crippen LogP) is 2.78. The highest BCUT2D eigenvalue weighted by Crippen LogP contribution is 2.44. The number of imidazole rings is 1. The second kappa shape index (κ2) is 6.47. The first-order valence-corrected chi connectivity index (χ1v) is 10.1. The lowest BCUT2D eigenvalue weighted by Crippen LogP contribution is -2.24. The van der Waals surface area contributed by atoms with Crippen LogP contribution in [-0.2, 0) is 12.1 Å². The second-order valence-corrected chi connectivity index (χ2v) is 7.99. The molecule has 10 heteroatoms. The van der Waals surface area contributed by atoms with Gasteiger partial charge >= 0.3 is 0 Å². The SMILES string of the molecule is O=c1c2c(-c3noc(C4(O)CC4)n3)ncn2c2cccc(Cl)c2n1Cc1ccccn1. The van der Waals surface area contributed by atoms with Crippen molar-refractivity contribution in [2.75, 3.05) is 0 Å². The molecule has 1 N–H and O–H groups in total. The van der Waals surface area contributed by atoms with Gasteiger partial charge in [-0.05, 0) is 37.1 Å². The number of fused-ring (bicyclic) bond motifs is 3. The Bertz CT molecular complexity index is 1520. The van der Waals surface area contributed by atoms with Gasteiger partial charge in [-0.2, -0.15) is 4.98 Å². The summed E-state index contributed by atoms with van der Waals surface area (Å²) in [5.41, 5.74) is 1.20. The summed E-state index contributed by atoms with van der Waals surface area (Å²) in [7, 11) is 0. The van der Waals surface area contributed by atoms with E-state index in [2.05, 4.69) is 20.1 Å².